The Morgan fingerprint density at radius 2 is 1.84 bits per heavy atom. The third-order valence-corrected chi connectivity index (χ3v) is 2.93. The molecule has 1 aromatic carbocycles. The molecule has 1 amide bonds. The zero-order valence-corrected chi connectivity index (χ0v) is 11.6. The van der Waals surface area contributed by atoms with Crippen LogP contribution in [0.25, 0.3) is 0 Å². The molecule has 2 rings (SSSR count). The lowest BCUT2D eigenvalue weighted by molar-refractivity contribution is -0.114. The van der Waals surface area contributed by atoms with Crippen molar-refractivity contribution < 1.29 is 4.79 Å². The number of benzene rings is 1. The lowest BCUT2D eigenvalue weighted by Gasteiger charge is -2.10. The van der Waals surface area contributed by atoms with Crippen molar-refractivity contribution in [2.24, 2.45) is 0 Å². The van der Waals surface area contributed by atoms with E-state index >= 15 is 0 Å². The number of rotatable bonds is 3. The van der Waals surface area contributed by atoms with Crippen LogP contribution in [-0.2, 0) is 4.79 Å². The summed E-state index contributed by atoms with van der Waals surface area (Å²) in [5.41, 5.74) is 1.23. The quantitative estimate of drug-likeness (QED) is 0.897. The SMILES string of the molecule is CC(=O)Nc1ccc(Nc2c(Cl)cccc2Cl)nc1. The van der Waals surface area contributed by atoms with Crippen molar-refractivity contribution in [2.75, 3.05) is 10.6 Å². The van der Waals surface area contributed by atoms with Crippen molar-refractivity contribution in [1.29, 1.82) is 0 Å². The maximum Gasteiger partial charge on any atom is 0.221 e. The van der Waals surface area contributed by atoms with Crippen LogP contribution in [0.15, 0.2) is 36.5 Å². The monoisotopic (exact) mass is 295 g/mol. The second kappa shape index (κ2) is 5.91. The van der Waals surface area contributed by atoms with Crippen LogP contribution in [0.1, 0.15) is 6.92 Å². The largest absolute Gasteiger partial charge is 0.338 e. The van der Waals surface area contributed by atoms with E-state index in [0.29, 0.717) is 27.2 Å². The summed E-state index contributed by atoms with van der Waals surface area (Å²) in [5.74, 6) is 0.445. The number of amides is 1. The first-order valence-electron chi connectivity index (χ1n) is 5.51. The number of nitrogens with one attached hydrogen (secondary N) is 2. The Balaban J connectivity index is 2.18. The molecule has 19 heavy (non-hydrogen) atoms. The predicted molar refractivity (Wildman–Crippen MR) is 78.3 cm³/mol. The highest BCUT2D eigenvalue weighted by atomic mass is 35.5. The Bertz CT molecular complexity index is 579. The van der Waals surface area contributed by atoms with E-state index in [1.807, 2.05) is 0 Å². The Morgan fingerprint density at radius 1 is 1.16 bits per heavy atom. The van der Waals surface area contributed by atoms with Gasteiger partial charge in [0.15, 0.2) is 0 Å². The van der Waals surface area contributed by atoms with Gasteiger partial charge < -0.3 is 10.6 Å². The second-order valence-corrected chi connectivity index (χ2v) is 4.65. The van der Waals surface area contributed by atoms with Crippen LogP contribution in [0.5, 0.6) is 0 Å². The number of aromatic nitrogens is 1. The van der Waals surface area contributed by atoms with E-state index in [9.17, 15) is 4.79 Å². The first-order valence-corrected chi connectivity index (χ1v) is 6.26. The maximum atomic E-state index is 10.9. The maximum absolute atomic E-state index is 10.9. The lowest BCUT2D eigenvalue weighted by atomic mass is 10.3. The average Bonchev–Trinajstić information content (AvgIpc) is 2.35. The predicted octanol–water partition coefficient (Wildman–Crippen LogP) is 4.09. The highest BCUT2D eigenvalue weighted by Gasteiger charge is 2.06. The van der Waals surface area contributed by atoms with Crippen LogP contribution in [0, 0.1) is 0 Å². The van der Waals surface area contributed by atoms with Crippen molar-refractivity contribution in [3.8, 4) is 0 Å². The molecule has 0 fully saturated rings. The van der Waals surface area contributed by atoms with Gasteiger partial charge in [-0.3, -0.25) is 4.79 Å². The van der Waals surface area contributed by atoms with Gasteiger partial charge in [-0.1, -0.05) is 29.3 Å². The van der Waals surface area contributed by atoms with Gasteiger partial charge in [0.1, 0.15) is 5.82 Å². The molecule has 2 aromatic rings. The molecular formula is C13H11Cl2N3O. The number of hydrogen-bond acceptors (Lipinski definition) is 3. The minimum Gasteiger partial charge on any atom is -0.338 e. The highest BCUT2D eigenvalue weighted by Crippen LogP contribution is 2.32. The first kappa shape index (κ1) is 13.6. The summed E-state index contributed by atoms with van der Waals surface area (Å²) in [4.78, 5) is 15.1. The fourth-order valence-electron chi connectivity index (χ4n) is 1.49. The highest BCUT2D eigenvalue weighted by molar-refractivity contribution is 6.39. The number of para-hydroxylation sites is 1. The number of anilines is 3. The summed E-state index contributed by atoms with van der Waals surface area (Å²) in [7, 11) is 0. The van der Waals surface area contributed by atoms with Gasteiger partial charge >= 0.3 is 0 Å². The lowest BCUT2D eigenvalue weighted by Crippen LogP contribution is -2.06. The van der Waals surface area contributed by atoms with Gasteiger partial charge in [0.05, 0.1) is 27.6 Å². The van der Waals surface area contributed by atoms with Gasteiger partial charge in [-0.25, -0.2) is 4.98 Å². The van der Waals surface area contributed by atoms with Crippen LogP contribution >= 0.6 is 23.2 Å². The van der Waals surface area contributed by atoms with Crippen LogP contribution in [0.3, 0.4) is 0 Å². The molecule has 0 bridgehead atoms. The van der Waals surface area contributed by atoms with Crippen LogP contribution in [0.4, 0.5) is 17.2 Å². The van der Waals surface area contributed by atoms with E-state index in [4.69, 9.17) is 23.2 Å². The molecule has 1 aromatic heterocycles. The number of nitrogens with zero attached hydrogens (tertiary/aromatic N) is 1. The number of halogens is 2. The van der Waals surface area contributed by atoms with Crippen LogP contribution < -0.4 is 10.6 Å². The fourth-order valence-corrected chi connectivity index (χ4v) is 1.98. The van der Waals surface area contributed by atoms with Crippen molar-refractivity contribution >= 4 is 46.3 Å². The van der Waals surface area contributed by atoms with Crippen molar-refractivity contribution in [3.05, 3.63) is 46.6 Å². The number of hydrogen-bond donors (Lipinski definition) is 2. The molecule has 0 aliphatic rings. The zero-order chi connectivity index (χ0) is 13.8. The van der Waals surface area contributed by atoms with Crippen molar-refractivity contribution in [2.45, 2.75) is 6.92 Å². The minimum atomic E-state index is -0.142. The fraction of sp³-hybridized carbons (Fsp3) is 0.0769. The molecule has 0 unspecified atom stereocenters. The standard InChI is InChI=1S/C13H11Cl2N3O/c1-8(19)17-9-5-6-12(16-7-9)18-13-10(14)3-2-4-11(13)15/h2-7H,1H3,(H,16,18)(H,17,19). The molecule has 0 aliphatic heterocycles. The van der Waals surface area contributed by atoms with Crippen LogP contribution in [0.2, 0.25) is 10.0 Å². The van der Waals surface area contributed by atoms with E-state index in [-0.39, 0.29) is 5.91 Å². The summed E-state index contributed by atoms with van der Waals surface area (Å²) in [6.45, 7) is 1.44. The molecule has 4 nitrogen and oxygen atoms in total. The first-order chi connectivity index (χ1) is 9.06. The summed E-state index contributed by atoms with van der Waals surface area (Å²) in [6.07, 6.45) is 1.55. The molecule has 0 saturated heterocycles. The Kier molecular flexibility index (Phi) is 4.24. The Labute approximate surface area is 120 Å². The molecule has 6 heteroatoms. The molecule has 0 saturated carbocycles. The Hall–Kier alpha value is -1.78. The molecule has 0 spiro atoms. The molecule has 1 heterocycles. The third kappa shape index (κ3) is 3.59. The molecule has 98 valence electrons. The van der Waals surface area contributed by atoms with Gasteiger partial charge in [0.2, 0.25) is 5.91 Å². The molecular weight excluding hydrogens is 285 g/mol. The second-order valence-electron chi connectivity index (χ2n) is 3.83. The van der Waals surface area contributed by atoms with E-state index in [1.54, 1.807) is 36.5 Å². The van der Waals surface area contributed by atoms with Gasteiger partial charge in [-0.2, -0.15) is 0 Å². The zero-order valence-electron chi connectivity index (χ0n) is 10.1. The van der Waals surface area contributed by atoms with Crippen molar-refractivity contribution in [1.82, 2.24) is 4.98 Å². The summed E-state index contributed by atoms with van der Waals surface area (Å²) >= 11 is 12.1. The normalized spacial score (nSPS) is 10.1. The third-order valence-electron chi connectivity index (χ3n) is 2.30. The van der Waals surface area contributed by atoms with Crippen molar-refractivity contribution in [3.63, 3.8) is 0 Å². The summed E-state index contributed by atoms with van der Waals surface area (Å²) in [5, 5.41) is 6.70. The molecule has 0 atom stereocenters. The molecule has 0 aliphatic carbocycles. The van der Waals surface area contributed by atoms with E-state index in [1.165, 1.54) is 6.92 Å². The number of carbonyl (C=O) groups excluding carboxylic acids is 1. The topological polar surface area (TPSA) is 54.0 Å². The minimum absolute atomic E-state index is 0.142. The summed E-state index contributed by atoms with van der Waals surface area (Å²) < 4.78 is 0. The van der Waals surface area contributed by atoms with Gasteiger partial charge in [0.25, 0.3) is 0 Å². The number of pyridine rings is 1. The molecule has 0 radical (unpaired) electrons. The number of carbonyl (C=O) groups is 1. The average molecular weight is 296 g/mol. The van der Waals surface area contributed by atoms with E-state index < -0.39 is 0 Å². The smallest absolute Gasteiger partial charge is 0.221 e. The van der Waals surface area contributed by atoms with E-state index in [0.717, 1.165) is 0 Å². The van der Waals surface area contributed by atoms with Crippen LogP contribution in [-0.4, -0.2) is 10.9 Å². The molecule has 2 N–H and O–H groups in total. The van der Waals surface area contributed by atoms with E-state index in [2.05, 4.69) is 15.6 Å². The van der Waals surface area contributed by atoms with Gasteiger partial charge in [-0.15, -0.1) is 0 Å². The van der Waals surface area contributed by atoms with Gasteiger partial charge in [-0.05, 0) is 24.3 Å². The van der Waals surface area contributed by atoms with Gasteiger partial charge in [0, 0.05) is 6.92 Å². The summed E-state index contributed by atoms with van der Waals surface area (Å²) in [6, 6.07) is 8.71. The Morgan fingerprint density at radius 3 is 2.37 bits per heavy atom.